The maximum atomic E-state index is 13.2. The number of pyridine rings is 1. The highest BCUT2D eigenvalue weighted by atomic mass is 35.5. The van der Waals surface area contributed by atoms with Gasteiger partial charge in [0.15, 0.2) is 5.16 Å². The fourth-order valence-electron chi connectivity index (χ4n) is 3.17. The summed E-state index contributed by atoms with van der Waals surface area (Å²) < 4.78 is 6.84. The Bertz CT molecular complexity index is 1330. The van der Waals surface area contributed by atoms with E-state index < -0.39 is 0 Å². The molecule has 162 valence electrons. The highest BCUT2D eigenvalue weighted by Crippen LogP contribution is 2.28. The van der Waals surface area contributed by atoms with Crippen LogP contribution in [0, 0.1) is 0 Å². The monoisotopic (exact) mass is 466 g/mol. The van der Waals surface area contributed by atoms with Crippen LogP contribution in [0.15, 0.2) is 76.9 Å². The third kappa shape index (κ3) is 4.92. The number of rotatable bonds is 7. The minimum atomic E-state index is -0.272. The number of hydrogen-bond donors (Lipinski definition) is 1. The Hall–Kier alpha value is -3.36. The van der Waals surface area contributed by atoms with E-state index in [1.165, 1.54) is 18.9 Å². The van der Waals surface area contributed by atoms with Crippen molar-refractivity contribution in [3.8, 4) is 5.75 Å². The number of ether oxygens (including phenoxy) is 1. The summed E-state index contributed by atoms with van der Waals surface area (Å²) in [4.78, 5) is 34.6. The molecule has 0 aliphatic rings. The standard InChI is InChI=1S/C23H19ClN4O3S/c1-31-20-9-8-16(24)11-19(20)26-21(29)14-32-23-27-18-7-3-2-6-17(18)22(30)28(23)13-15-5-4-10-25-12-15/h2-12H,13-14H2,1H3,(H,26,29). The van der Waals surface area contributed by atoms with E-state index in [-0.39, 0.29) is 17.2 Å². The lowest BCUT2D eigenvalue weighted by Crippen LogP contribution is -2.25. The molecule has 2 aromatic carbocycles. The number of anilines is 1. The molecule has 1 N–H and O–H groups in total. The molecular formula is C23H19ClN4O3S. The Morgan fingerprint density at radius 2 is 2.03 bits per heavy atom. The smallest absolute Gasteiger partial charge is 0.262 e. The van der Waals surface area contributed by atoms with Gasteiger partial charge >= 0.3 is 0 Å². The van der Waals surface area contributed by atoms with Crippen molar-refractivity contribution >= 4 is 45.9 Å². The van der Waals surface area contributed by atoms with Gasteiger partial charge < -0.3 is 10.1 Å². The molecule has 2 aromatic heterocycles. The van der Waals surface area contributed by atoms with Gasteiger partial charge in [0.25, 0.3) is 5.56 Å². The number of halogens is 1. The highest BCUT2D eigenvalue weighted by Gasteiger charge is 2.15. The summed E-state index contributed by atoms with van der Waals surface area (Å²) in [6.07, 6.45) is 3.38. The van der Waals surface area contributed by atoms with Crippen molar-refractivity contribution in [3.63, 3.8) is 0 Å². The molecule has 0 aliphatic carbocycles. The number of benzene rings is 2. The largest absolute Gasteiger partial charge is 0.495 e. The van der Waals surface area contributed by atoms with E-state index in [1.807, 2.05) is 18.2 Å². The van der Waals surface area contributed by atoms with Crippen molar-refractivity contribution in [2.24, 2.45) is 0 Å². The van der Waals surface area contributed by atoms with Crippen LogP contribution >= 0.6 is 23.4 Å². The molecule has 0 unspecified atom stereocenters. The van der Waals surface area contributed by atoms with E-state index in [1.54, 1.807) is 53.4 Å². The van der Waals surface area contributed by atoms with Crippen LogP contribution in [0.3, 0.4) is 0 Å². The number of nitrogens with zero attached hydrogens (tertiary/aromatic N) is 3. The van der Waals surface area contributed by atoms with Crippen molar-refractivity contribution in [1.82, 2.24) is 14.5 Å². The third-order valence-corrected chi connectivity index (χ3v) is 5.87. The zero-order valence-corrected chi connectivity index (χ0v) is 18.7. The summed E-state index contributed by atoms with van der Waals surface area (Å²) in [6, 6.07) is 15.8. The Labute approximate surface area is 193 Å². The predicted octanol–water partition coefficient (Wildman–Crippen LogP) is 4.23. The molecular weight excluding hydrogens is 448 g/mol. The van der Waals surface area contributed by atoms with Gasteiger partial charge in [-0.25, -0.2) is 4.98 Å². The Morgan fingerprint density at radius 3 is 2.81 bits per heavy atom. The number of hydrogen-bond acceptors (Lipinski definition) is 6. The van der Waals surface area contributed by atoms with Gasteiger partial charge in [0.05, 0.1) is 36.0 Å². The number of para-hydroxylation sites is 1. The van der Waals surface area contributed by atoms with Crippen molar-refractivity contribution in [3.05, 3.63) is 87.9 Å². The fourth-order valence-corrected chi connectivity index (χ4v) is 4.14. The summed E-state index contributed by atoms with van der Waals surface area (Å²) in [6.45, 7) is 0.302. The van der Waals surface area contributed by atoms with Crippen LogP contribution in [0.25, 0.3) is 10.9 Å². The minimum absolute atomic E-state index is 0.0491. The number of amides is 1. The maximum Gasteiger partial charge on any atom is 0.262 e. The van der Waals surface area contributed by atoms with Crippen LogP contribution in [-0.4, -0.2) is 33.3 Å². The lowest BCUT2D eigenvalue weighted by atomic mass is 10.2. The van der Waals surface area contributed by atoms with Crippen LogP contribution in [-0.2, 0) is 11.3 Å². The van der Waals surface area contributed by atoms with Crippen LogP contribution in [0.2, 0.25) is 5.02 Å². The summed E-state index contributed by atoms with van der Waals surface area (Å²) in [7, 11) is 1.52. The van der Waals surface area contributed by atoms with Gasteiger partial charge in [0.1, 0.15) is 5.75 Å². The van der Waals surface area contributed by atoms with Gasteiger partial charge in [-0.2, -0.15) is 0 Å². The van der Waals surface area contributed by atoms with E-state index >= 15 is 0 Å². The van der Waals surface area contributed by atoms with Crippen molar-refractivity contribution in [1.29, 1.82) is 0 Å². The molecule has 9 heteroatoms. The van der Waals surface area contributed by atoms with Gasteiger partial charge in [0.2, 0.25) is 5.91 Å². The van der Waals surface area contributed by atoms with Gasteiger partial charge in [-0.05, 0) is 42.0 Å². The van der Waals surface area contributed by atoms with Gasteiger partial charge in [-0.15, -0.1) is 0 Å². The number of fused-ring (bicyclic) bond motifs is 1. The first-order valence-corrected chi connectivity index (χ1v) is 11.1. The topological polar surface area (TPSA) is 86.1 Å². The lowest BCUT2D eigenvalue weighted by molar-refractivity contribution is -0.113. The van der Waals surface area contributed by atoms with E-state index in [0.717, 1.165) is 5.56 Å². The maximum absolute atomic E-state index is 13.2. The molecule has 0 bridgehead atoms. The van der Waals surface area contributed by atoms with Gasteiger partial charge in [0, 0.05) is 17.4 Å². The molecule has 2 heterocycles. The van der Waals surface area contributed by atoms with E-state index in [0.29, 0.717) is 39.1 Å². The number of methoxy groups -OCH3 is 1. The number of nitrogens with one attached hydrogen (secondary N) is 1. The Kier molecular flexibility index (Phi) is 6.72. The molecule has 0 atom stereocenters. The average molecular weight is 467 g/mol. The van der Waals surface area contributed by atoms with Crippen molar-refractivity contribution in [2.75, 3.05) is 18.2 Å². The predicted molar refractivity (Wildman–Crippen MR) is 127 cm³/mol. The van der Waals surface area contributed by atoms with E-state index in [4.69, 9.17) is 16.3 Å². The van der Waals surface area contributed by atoms with Crippen molar-refractivity contribution < 1.29 is 9.53 Å². The molecule has 7 nitrogen and oxygen atoms in total. The molecule has 0 fully saturated rings. The normalized spacial score (nSPS) is 10.8. The zero-order chi connectivity index (χ0) is 22.5. The fraction of sp³-hybridized carbons (Fsp3) is 0.130. The highest BCUT2D eigenvalue weighted by molar-refractivity contribution is 7.99. The van der Waals surface area contributed by atoms with Gasteiger partial charge in [-0.1, -0.05) is 41.6 Å². The second kappa shape index (κ2) is 9.84. The quantitative estimate of drug-likeness (QED) is 0.324. The summed E-state index contributed by atoms with van der Waals surface area (Å²) >= 11 is 7.22. The van der Waals surface area contributed by atoms with Crippen LogP contribution in [0.1, 0.15) is 5.56 Å². The molecule has 0 radical (unpaired) electrons. The second-order valence-corrected chi connectivity index (χ2v) is 8.22. The minimum Gasteiger partial charge on any atom is -0.495 e. The number of carbonyl (C=O) groups excluding carboxylic acids is 1. The number of carbonyl (C=O) groups is 1. The molecule has 4 rings (SSSR count). The molecule has 32 heavy (non-hydrogen) atoms. The zero-order valence-electron chi connectivity index (χ0n) is 17.1. The first-order valence-electron chi connectivity index (χ1n) is 9.70. The molecule has 0 saturated heterocycles. The third-order valence-electron chi connectivity index (χ3n) is 4.66. The molecule has 0 saturated carbocycles. The molecule has 0 aliphatic heterocycles. The SMILES string of the molecule is COc1ccc(Cl)cc1NC(=O)CSc1nc2ccccc2c(=O)n1Cc1cccnc1. The van der Waals surface area contributed by atoms with Crippen molar-refractivity contribution in [2.45, 2.75) is 11.7 Å². The van der Waals surface area contributed by atoms with Gasteiger partial charge in [-0.3, -0.25) is 19.1 Å². The molecule has 4 aromatic rings. The Balaban J connectivity index is 1.60. The lowest BCUT2D eigenvalue weighted by Gasteiger charge is -2.14. The van der Waals surface area contributed by atoms with E-state index in [9.17, 15) is 9.59 Å². The molecule has 0 spiro atoms. The first-order chi connectivity index (χ1) is 15.5. The number of thioether (sulfide) groups is 1. The average Bonchev–Trinajstić information content (AvgIpc) is 2.81. The molecule has 1 amide bonds. The Morgan fingerprint density at radius 1 is 1.19 bits per heavy atom. The van der Waals surface area contributed by atoms with Crippen LogP contribution < -0.4 is 15.6 Å². The first kappa shape index (κ1) is 21.9. The van der Waals surface area contributed by atoms with Crippen LogP contribution in [0.5, 0.6) is 5.75 Å². The van der Waals surface area contributed by atoms with E-state index in [2.05, 4.69) is 15.3 Å². The summed E-state index contributed by atoms with van der Waals surface area (Å²) in [5, 5.41) is 4.25. The second-order valence-electron chi connectivity index (χ2n) is 6.85. The summed E-state index contributed by atoms with van der Waals surface area (Å²) in [5.41, 5.74) is 1.75. The number of aromatic nitrogens is 3. The van der Waals surface area contributed by atoms with Crippen LogP contribution in [0.4, 0.5) is 5.69 Å². The summed E-state index contributed by atoms with van der Waals surface area (Å²) in [5.74, 6) is 0.281.